The molecule has 3 heteroatoms. The Kier molecular flexibility index (Phi) is 3.20. The molecule has 0 saturated heterocycles. The highest BCUT2D eigenvalue weighted by molar-refractivity contribution is 9.10. The summed E-state index contributed by atoms with van der Waals surface area (Å²) in [6, 6.07) is 7.79. The third-order valence-corrected chi connectivity index (χ3v) is 4.02. The molecule has 2 nitrogen and oxygen atoms in total. The summed E-state index contributed by atoms with van der Waals surface area (Å²) in [5.74, 6) is 0. The molecule has 2 rings (SSSR count). The molecule has 0 aromatic heterocycles. The van der Waals surface area contributed by atoms with Crippen LogP contribution < -0.4 is 5.32 Å². The molecule has 84 valence electrons. The number of hydrogen-bond donors (Lipinski definition) is 1. The van der Waals surface area contributed by atoms with Crippen LogP contribution in [-0.4, -0.2) is 6.54 Å². The minimum atomic E-state index is 0.466. The fraction of sp³-hybridized carbons (Fsp3) is 0.462. The van der Waals surface area contributed by atoms with Gasteiger partial charge in [-0.2, -0.15) is 5.26 Å². The lowest BCUT2D eigenvalue weighted by Gasteiger charge is -2.38. The first-order valence-electron chi connectivity index (χ1n) is 5.56. The van der Waals surface area contributed by atoms with Crippen LogP contribution in [0.15, 0.2) is 22.7 Å². The lowest BCUT2D eigenvalue weighted by molar-refractivity contribution is 0.180. The first-order valence-corrected chi connectivity index (χ1v) is 6.36. The van der Waals surface area contributed by atoms with Crippen LogP contribution in [-0.2, 0) is 0 Å². The van der Waals surface area contributed by atoms with Gasteiger partial charge in [0.05, 0.1) is 11.6 Å². The van der Waals surface area contributed by atoms with Crippen molar-refractivity contribution in [3.63, 3.8) is 0 Å². The van der Waals surface area contributed by atoms with Crippen molar-refractivity contribution in [1.29, 1.82) is 5.26 Å². The second kappa shape index (κ2) is 4.47. The van der Waals surface area contributed by atoms with E-state index in [4.69, 9.17) is 5.26 Å². The van der Waals surface area contributed by atoms with E-state index in [-0.39, 0.29) is 0 Å². The van der Waals surface area contributed by atoms with Crippen LogP contribution in [0.25, 0.3) is 0 Å². The topological polar surface area (TPSA) is 35.8 Å². The molecular formula is C13H15BrN2. The molecule has 1 aliphatic carbocycles. The lowest BCUT2D eigenvalue weighted by atomic mass is 9.70. The van der Waals surface area contributed by atoms with Crippen molar-refractivity contribution in [3.05, 3.63) is 28.2 Å². The molecule has 0 unspecified atom stereocenters. The zero-order valence-corrected chi connectivity index (χ0v) is 11.0. The average Bonchev–Trinajstić information content (AvgIpc) is 2.25. The molecule has 1 N–H and O–H groups in total. The van der Waals surface area contributed by atoms with Crippen molar-refractivity contribution in [2.75, 3.05) is 11.9 Å². The highest BCUT2D eigenvalue weighted by Crippen LogP contribution is 2.40. The SMILES string of the molecule is CC1(CNc2ccc(C#N)cc2Br)CCC1. The summed E-state index contributed by atoms with van der Waals surface area (Å²) < 4.78 is 0.967. The number of benzene rings is 1. The van der Waals surface area contributed by atoms with E-state index in [2.05, 4.69) is 34.2 Å². The van der Waals surface area contributed by atoms with Gasteiger partial charge in [-0.05, 0) is 52.4 Å². The Labute approximate surface area is 105 Å². The van der Waals surface area contributed by atoms with Crippen LogP contribution in [0.1, 0.15) is 31.7 Å². The fourth-order valence-corrected chi connectivity index (χ4v) is 2.51. The summed E-state index contributed by atoms with van der Waals surface area (Å²) in [6.07, 6.45) is 3.98. The molecule has 0 amide bonds. The van der Waals surface area contributed by atoms with Crippen LogP contribution in [0.2, 0.25) is 0 Å². The summed E-state index contributed by atoms with van der Waals surface area (Å²) in [6.45, 7) is 3.33. The molecule has 0 bridgehead atoms. The highest BCUT2D eigenvalue weighted by Gasteiger charge is 2.31. The second-order valence-corrected chi connectivity index (χ2v) is 5.68. The monoisotopic (exact) mass is 278 g/mol. The van der Waals surface area contributed by atoms with E-state index in [9.17, 15) is 0 Å². The molecule has 1 aliphatic rings. The first-order chi connectivity index (χ1) is 7.63. The van der Waals surface area contributed by atoms with Gasteiger partial charge in [0.25, 0.3) is 0 Å². The van der Waals surface area contributed by atoms with Gasteiger partial charge < -0.3 is 5.32 Å². The number of rotatable bonds is 3. The minimum absolute atomic E-state index is 0.466. The highest BCUT2D eigenvalue weighted by atomic mass is 79.9. The third kappa shape index (κ3) is 2.38. The average molecular weight is 279 g/mol. The maximum absolute atomic E-state index is 8.77. The molecule has 0 heterocycles. The van der Waals surface area contributed by atoms with E-state index in [0.717, 1.165) is 16.7 Å². The Morgan fingerprint density at radius 3 is 2.75 bits per heavy atom. The maximum atomic E-state index is 8.77. The summed E-state index contributed by atoms with van der Waals surface area (Å²) in [5, 5.41) is 12.2. The Morgan fingerprint density at radius 2 is 2.25 bits per heavy atom. The summed E-state index contributed by atoms with van der Waals surface area (Å²) in [4.78, 5) is 0. The summed E-state index contributed by atoms with van der Waals surface area (Å²) in [5.41, 5.74) is 2.23. The molecule has 0 spiro atoms. The van der Waals surface area contributed by atoms with Crippen LogP contribution in [0.3, 0.4) is 0 Å². The summed E-state index contributed by atoms with van der Waals surface area (Å²) >= 11 is 3.48. The van der Waals surface area contributed by atoms with E-state index in [1.54, 1.807) is 0 Å². The van der Waals surface area contributed by atoms with Crippen molar-refractivity contribution < 1.29 is 0 Å². The Morgan fingerprint density at radius 1 is 1.50 bits per heavy atom. The number of nitrogens with zero attached hydrogens (tertiary/aromatic N) is 1. The van der Waals surface area contributed by atoms with Gasteiger partial charge in [0.2, 0.25) is 0 Å². The molecule has 0 radical (unpaired) electrons. The van der Waals surface area contributed by atoms with Crippen LogP contribution in [0.4, 0.5) is 5.69 Å². The van der Waals surface area contributed by atoms with Gasteiger partial charge in [-0.15, -0.1) is 0 Å². The smallest absolute Gasteiger partial charge is 0.0992 e. The van der Waals surface area contributed by atoms with E-state index in [0.29, 0.717) is 11.0 Å². The number of nitriles is 1. The van der Waals surface area contributed by atoms with E-state index in [1.165, 1.54) is 19.3 Å². The van der Waals surface area contributed by atoms with E-state index in [1.807, 2.05) is 18.2 Å². The Hall–Kier alpha value is -1.01. The molecule has 0 atom stereocenters. The number of anilines is 1. The molecule has 0 aliphatic heterocycles. The van der Waals surface area contributed by atoms with E-state index >= 15 is 0 Å². The van der Waals surface area contributed by atoms with Gasteiger partial charge in [-0.25, -0.2) is 0 Å². The molecule has 1 fully saturated rings. The fourth-order valence-electron chi connectivity index (χ4n) is 1.99. The van der Waals surface area contributed by atoms with Gasteiger partial charge in [0.15, 0.2) is 0 Å². The number of hydrogen-bond acceptors (Lipinski definition) is 2. The Bertz CT molecular complexity index is 430. The minimum Gasteiger partial charge on any atom is -0.384 e. The largest absolute Gasteiger partial charge is 0.384 e. The molecule has 1 aromatic rings. The van der Waals surface area contributed by atoms with E-state index < -0.39 is 0 Å². The van der Waals surface area contributed by atoms with Gasteiger partial charge >= 0.3 is 0 Å². The van der Waals surface area contributed by atoms with Crippen LogP contribution in [0, 0.1) is 16.7 Å². The van der Waals surface area contributed by atoms with Crippen LogP contribution in [0.5, 0.6) is 0 Å². The quantitative estimate of drug-likeness (QED) is 0.910. The molecular weight excluding hydrogens is 264 g/mol. The zero-order chi connectivity index (χ0) is 11.6. The Balaban J connectivity index is 2.02. The predicted octanol–water partition coefficient (Wildman–Crippen LogP) is 3.92. The van der Waals surface area contributed by atoms with Gasteiger partial charge in [-0.3, -0.25) is 0 Å². The van der Waals surface area contributed by atoms with Crippen molar-refractivity contribution in [3.8, 4) is 6.07 Å². The van der Waals surface area contributed by atoms with Gasteiger partial charge in [-0.1, -0.05) is 13.3 Å². The normalized spacial score (nSPS) is 17.3. The lowest BCUT2D eigenvalue weighted by Crippen LogP contribution is -2.33. The van der Waals surface area contributed by atoms with Crippen molar-refractivity contribution in [2.24, 2.45) is 5.41 Å². The molecule has 1 saturated carbocycles. The molecule has 16 heavy (non-hydrogen) atoms. The maximum Gasteiger partial charge on any atom is 0.0992 e. The van der Waals surface area contributed by atoms with Crippen molar-refractivity contribution in [2.45, 2.75) is 26.2 Å². The van der Waals surface area contributed by atoms with Gasteiger partial charge in [0, 0.05) is 16.7 Å². The first kappa shape index (κ1) is 11.5. The van der Waals surface area contributed by atoms with Gasteiger partial charge in [0.1, 0.15) is 0 Å². The number of halogens is 1. The standard InChI is InChI=1S/C13H15BrN2/c1-13(5-2-6-13)9-16-12-4-3-10(8-15)7-11(12)14/h3-4,7,16H,2,5-6,9H2,1H3. The second-order valence-electron chi connectivity index (χ2n) is 4.82. The van der Waals surface area contributed by atoms with Crippen molar-refractivity contribution in [1.82, 2.24) is 0 Å². The molecule has 1 aromatic carbocycles. The summed E-state index contributed by atoms with van der Waals surface area (Å²) in [7, 11) is 0. The zero-order valence-electron chi connectivity index (χ0n) is 9.39. The third-order valence-electron chi connectivity index (χ3n) is 3.36. The van der Waals surface area contributed by atoms with Crippen molar-refractivity contribution >= 4 is 21.6 Å². The predicted molar refractivity (Wildman–Crippen MR) is 69.3 cm³/mol. The number of nitrogens with one attached hydrogen (secondary N) is 1. The van der Waals surface area contributed by atoms with Crippen LogP contribution >= 0.6 is 15.9 Å².